The van der Waals surface area contributed by atoms with E-state index in [0.29, 0.717) is 17.4 Å². The Morgan fingerprint density at radius 1 is 0.838 bits per heavy atom. The molecule has 0 spiro atoms. The van der Waals surface area contributed by atoms with Gasteiger partial charge < -0.3 is 19.4 Å². The summed E-state index contributed by atoms with van der Waals surface area (Å²) in [6.45, 7) is 9.41. The van der Waals surface area contributed by atoms with Gasteiger partial charge in [0.25, 0.3) is 0 Å². The Morgan fingerprint density at radius 2 is 1.41 bits per heavy atom. The lowest BCUT2D eigenvalue weighted by atomic mass is 9.49. The Morgan fingerprint density at radius 3 is 1.92 bits per heavy atom. The third-order valence-electron chi connectivity index (χ3n) is 10.5. The van der Waals surface area contributed by atoms with Gasteiger partial charge in [0.05, 0.1) is 6.10 Å². The summed E-state index contributed by atoms with van der Waals surface area (Å²) < 4.78 is 5.81. The van der Waals surface area contributed by atoms with Crippen molar-refractivity contribution in [1.29, 1.82) is 0 Å². The van der Waals surface area contributed by atoms with Crippen LogP contribution < -0.4 is 9.80 Å². The largest absolute Gasteiger partial charge is 0.377 e. The first kappa shape index (κ1) is 24.1. The number of carbonyl (C=O) groups is 1. The summed E-state index contributed by atoms with van der Waals surface area (Å²) in [6.07, 6.45) is 11.9. The minimum absolute atomic E-state index is 0.333. The van der Waals surface area contributed by atoms with Gasteiger partial charge in [-0.2, -0.15) is 0 Å². The zero-order valence-corrected chi connectivity index (χ0v) is 22.4. The Labute approximate surface area is 221 Å². The third kappa shape index (κ3) is 5.08. The molecule has 8 rings (SSSR count). The van der Waals surface area contributed by atoms with Crippen LogP contribution in [0, 0.1) is 23.2 Å². The fourth-order valence-corrected chi connectivity index (χ4v) is 9.02. The van der Waals surface area contributed by atoms with Crippen LogP contribution in [0.1, 0.15) is 57.8 Å². The van der Waals surface area contributed by atoms with Gasteiger partial charge in [0.15, 0.2) is 11.6 Å². The van der Waals surface area contributed by atoms with Gasteiger partial charge >= 0.3 is 0 Å². The van der Waals surface area contributed by atoms with Gasteiger partial charge in [-0.25, -0.2) is 0 Å². The van der Waals surface area contributed by atoms with Crippen LogP contribution in [0.4, 0.5) is 11.6 Å². The summed E-state index contributed by atoms with van der Waals surface area (Å²) in [6, 6.07) is 4.25. The Balaban J connectivity index is 0.882. The molecule has 1 aromatic heterocycles. The van der Waals surface area contributed by atoms with Crippen LogP contribution in [0.3, 0.4) is 0 Å². The molecule has 0 aromatic carbocycles. The van der Waals surface area contributed by atoms with E-state index in [9.17, 15) is 4.79 Å². The lowest BCUT2D eigenvalue weighted by molar-refractivity contribution is -0.139. The average Bonchev–Trinajstić information content (AvgIpc) is 3.41. The lowest BCUT2D eigenvalue weighted by Gasteiger charge is -2.57. The van der Waals surface area contributed by atoms with Gasteiger partial charge in [0, 0.05) is 71.9 Å². The second kappa shape index (κ2) is 9.99. The first-order chi connectivity index (χ1) is 18.1. The monoisotopic (exact) mass is 508 g/mol. The van der Waals surface area contributed by atoms with Crippen molar-refractivity contribution in [2.45, 2.75) is 63.9 Å². The van der Waals surface area contributed by atoms with Crippen molar-refractivity contribution in [3.8, 4) is 0 Å². The predicted octanol–water partition coefficient (Wildman–Crippen LogP) is 3.03. The summed E-state index contributed by atoms with van der Waals surface area (Å²) >= 11 is 0. The molecule has 7 aliphatic rings. The van der Waals surface area contributed by atoms with Crippen molar-refractivity contribution in [3.63, 3.8) is 0 Å². The Bertz CT molecular complexity index is 912. The van der Waals surface area contributed by atoms with Crippen molar-refractivity contribution in [2.24, 2.45) is 23.2 Å². The fraction of sp³-hybridized carbons (Fsp3) is 0.828. The molecule has 7 fully saturated rings. The standard InChI is InChI=1S/C29H44N6O2/c36-28(20-29-17-22-14-23(18-29)16-24(15-22)19-29)35-11-9-34(10-12-35)27-4-3-26(30-31-27)33-7-5-32(6-8-33)21-25-2-1-13-37-25/h3-4,22-25H,1-2,5-21H2. The molecule has 0 radical (unpaired) electrons. The van der Waals surface area contributed by atoms with Crippen LogP contribution in [0.2, 0.25) is 0 Å². The van der Waals surface area contributed by atoms with E-state index in [4.69, 9.17) is 4.74 Å². The summed E-state index contributed by atoms with van der Waals surface area (Å²) in [5, 5.41) is 9.19. The van der Waals surface area contributed by atoms with E-state index < -0.39 is 0 Å². The molecule has 4 aliphatic carbocycles. The second-order valence-corrected chi connectivity index (χ2v) is 13.1. The van der Waals surface area contributed by atoms with E-state index >= 15 is 0 Å². The molecule has 202 valence electrons. The highest BCUT2D eigenvalue weighted by Crippen LogP contribution is 2.61. The summed E-state index contributed by atoms with van der Waals surface area (Å²) in [4.78, 5) is 22.6. The molecule has 0 N–H and O–H groups in total. The minimum atomic E-state index is 0.333. The number of piperazine rings is 2. The molecule has 1 amide bonds. The van der Waals surface area contributed by atoms with Crippen molar-refractivity contribution in [1.82, 2.24) is 20.0 Å². The Hall–Kier alpha value is -1.93. The molecule has 4 bridgehead atoms. The fourth-order valence-electron chi connectivity index (χ4n) is 9.02. The SMILES string of the molecule is O=C(CC12CC3CC(CC(C3)C1)C2)N1CCN(c2ccc(N3CCN(CC4CCCO4)CC3)nn2)CC1. The predicted molar refractivity (Wildman–Crippen MR) is 144 cm³/mol. The highest BCUT2D eigenvalue weighted by Gasteiger charge is 2.51. The second-order valence-electron chi connectivity index (χ2n) is 13.1. The van der Waals surface area contributed by atoms with Crippen LogP contribution in [-0.2, 0) is 9.53 Å². The number of hydrogen-bond donors (Lipinski definition) is 0. The zero-order chi connectivity index (χ0) is 24.8. The average molecular weight is 509 g/mol. The van der Waals surface area contributed by atoms with Gasteiger partial charge in [-0.05, 0) is 86.7 Å². The van der Waals surface area contributed by atoms with Crippen molar-refractivity contribution in [3.05, 3.63) is 12.1 Å². The summed E-state index contributed by atoms with van der Waals surface area (Å²) in [7, 11) is 0. The van der Waals surface area contributed by atoms with Crippen LogP contribution in [0.15, 0.2) is 12.1 Å². The topological polar surface area (TPSA) is 65.0 Å². The molecule has 1 unspecified atom stereocenters. The number of nitrogens with zero attached hydrogens (tertiary/aromatic N) is 6. The van der Waals surface area contributed by atoms with E-state index in [1.807, 2.05) is 0 Å². The van der Waals surface area contributed by atoms with Crippen LogP contribution in [0.25, 0.3) is 0 Å². The number of aromatic nitrogens is 2. The number of amides is 1. The highest BCUT2D eigenvalue weighted by atomic mass is 16.5. The van der Waals surface area contributed by atoms with E-state index in [2.05, 4.69) is 41.9 Å². The summed E-state index contributed by atoms with van der Waals surface area (Å²) in [5.74, 6) is 5.05. The van der Waals surface area contributed by atoms with Crippen molar-refractivity contribution < 1.29 is 9.53 Å². The first-order valence-electron chi connectivity index (χ1n) is 15.1. The van der Waals surface area contributed by atoms with Crippen molar-refractivity contribution in [2.75, 3.05) is 75.3 Å². The molecule has 4 saturated carbocycles. The summed E-state index contributed by atoms with van der Waals surface area (Å²) in [5.41, 5.74) is 0.333. The molecule has 3 saturated heterocycles. The van der Waals surface area contributed by atoms with Crippen LogP contribution in [0.5, 0.6) is 0 Å². The number of anilines is 2. The number of ether oxygens (including phenoxy) is 1. The molecule has 8 heteroatoms. The van der Waals surface area contributed by atoms with Crippen LogP contribution >= 0.6 is 0 Å². The molecule has 3 aliphatic heterocycles. The van der Waals surface area contributed by atoms with E-state index in [-0.39, 0.29) is 0 Å². The maximum absolute atomic E-state index is 13.3. The van der Waals surface area contributed by atoms with E-state index in [1.54, 1.807) is 0 Å². The quantitative estimate of drug-likeness (QED) is 0.585. The van der Waals surface area contributed by atoms with Gasteiger partial charge in [-0.1, -0.05) is 0 Å². The molecule has 37 heavy (non-hydrogen) atoms. The molecule has 1 atom stereocenters. The number of carbonyl (C=O) groups excluding carboxylic acids is 1. The molecular formula is C29H44N6O2. The minimum Gasteiger partial charge on any atom is -0.377 e. The lowest BCUT2D eigenvalue weighted by Crippen LogP contribution is -2.52. The maximum Gasteiger partial charge on any atom is 0.223 e. The Kier molecular flexibility index (Phi) is 6.52. The highest BCUT2D eigenvalue weighted by molar-refractivity contribution is 5.77. The first-order valence-corrected chi connectivity index (χ1v) is 15.1. The molecule has 4 heterocycles. The van der Waals surface area contributed by atoms with E-state index in [1.165, 1.54) is 51.4 Å². The van der Waals surface area contributed by atoms with Gasteiger partial charge in [0.1, 0.15) is 0 Å². The molecule has 8 nitrogen and oxygen atoms in total. The maximum atomic E-state index is 13.3. The number of hydrogen-bond acceptors (Lipinski definition) is 7. The van der Waals surface area contributed by atoms with Crippen LogP contribution in [-0.4, -0.2) is 97.5 Å². The van der Waals surface area contributed by atoms with Gasteiger partial charge in [0.2, 0.25) is 5.91 Å². The third-order valence-corrected chi connectivity index (χ3v) is 10.5. The van der Waals surface area contributed by atoms with Crippen molar-refractivity contribution >= 4 is 17.5 Å². The zero-order valence-electron chi connectivity index (χ0n) is 22.4. The normalized spacial score (nSPS) is 35.9. The smallest absolute Gasteiger partial charge is 0.223 e. The molecular weight excluding hydrogens is 464 g/mol. The molecule has 1 aromatic rings. The van der Waals surface area contributed by atoms with E-state index in [0.717, 1.165) is 101 Å². The number of rotatable bonds is 6. The van der Waals surface area contributed by atoms with Gasteiger partial charge in [-0.3, -0.25) is 9.69 Å². The van der Waals surface area contributed by atoms with Gasteiger partial charge in [-0.15, -0.1) is 10.2 Å².